The van der Waals surface area contributed by atoms with Gasteiger partial charge in [0.15, 0.2) is 0 Å². The molecular weight excluding hydrogens is 300 g/mol. The molecule has 2 rings (SSSR count). The second kappa shape index (κ2) is 9.82. The molecule has 5 heteroatoms. The second-order valence-electron chi connectivity index (χ2n) is 5.94. The largest absolute Gasteiger partial charge is 0.396 e. The van der Waals surface area contributed by atoms with Crippen LogP contribution in [-0.2, 0) is 4.79 Å². The maximum absolute atomic E-state index is 12.3. The van der Waals surface area contributed by atoms with E-state index in [1.807, 2.05) is 18.2 Å². The molecule has 3 N–H and O–H groups in total. The minimum absolute atomic E-state index is 0. The Balaban J connectivity index is 0.00000242. The number of nitrogens with one attached hydrogen (secondary N) is 2. The molecule has 1 aliphatic heterocycles. The number of halogens is 1. The van der Waals surface area contributed by atoms with E-state index < -0.39 is 0 Å². The van der Waals surface area contributed by atoms with Crippen molar-refractivity contribution in [3.63, 3.8) is 0 Å². The van der Waals surface area contributed by atoms with Gasteiger partial charge in [0.1, 0.15) is 0 Å². The number of carbonyl (C=O) groups excluding carboxylic acids is 1. The number of amides is 1. The Labute approximate surface area is 139 Å². The van der Waals surface area contributed by atoms with Crippen LogP contribution < -0.4 is 10.6 Å². The van der Waals surface area contributed by atoms with Crippen molar-refractivity contribution in [3.8, 4) is 0 Å². The normalized spacial score (nSPS) is 22.5. The van der Waals surface area contributed by atoms with Gasteiger partial charge in [0, 0.05) is 31.0 Å². The van der Waals surface area contributed by atoms with E-state index in [0.29, 0.717) is 19.0 Å². The fraction of sp³-hybridized carbons (Fsp3) is 0.588. The van der Waals surface area contributed by atoms with E-state index >= 15 is 0 Å². The first-order valence-electron chi connectivity index (χ1n) is 7.87. The molecule has 124 valence electrons. The fourth-order valence-corrected chi connectivity index (χ4v) is 3.01. The first-order valence-corrected chi connectivity index (χ1v) is 7.87. The number of hydrogen-bond donors (Lipinski definition) is 3. The lowest BCUT2D eigenvalue weighted by Gasteiger charge is -2.28. The minimum atomic E-state index is 0. The third-order valence-corrected chi connectivity index (χ3v) is 4.27. The Morgan fingerprint density at radius 3 is 2.77 bits per heavy atom. The Kier molecular flexibility index (Phi) is 8.46. The van der Waals surface area contributed by atoms with Gasteiger partial charge in [-0.1, -0.05) is 30.3 Å². The quantitative estimate of drug-likeness (QED) is 0.750. The molecule has 0 spiro atoms. The van der Waals surface area contributed by atoms with Gasteiger partial charge in [0.2, 0.25) is 5.91 Å². The van der Waals surface area contributed by atoms with Gasteiger partial charge in [-0.05, 0) is 38.3 Å². The number of aliphatic hydroxyl groups is 1. The zero-order chi connectivity index (χ0) is 15.1. The number of piperidine rings is 1. The Hall–Kier alpha value is -1.10. The molecule has 1 saturated heterocycles. The SMILES string of the molecule is C[C@H]1C[C@@H](C(=O)NCC(CCO)c2ccccc2)CCN1.Cl. The highest BCUT2D eigenvalue weighted by Crippen LogP contribution is 2.20. The van der Waals surface area contributed by atoms with Crippen molar-refractivity contribution >= 4 is 18.3 Å². The molecule has 1 aliphatic rings. The molecule has 0 bridgehead atoms. The molecule has 1 aromatic carbocycles. The Morgan fingerprint density at radius 2 is 2.14 bits per heavy atom. The van der Waals surface area contributed by atoms with Crippen molar-refractivity contribution in [2.75, 3.05) is 19.7 Å². The molecule has 4 nitrogen and oxygen atoms in total. The van der Waals surface area contributed by atoms with Gasteiger partial charge in [-0.25, -0.2) is 0 Å². The monoisotopic (exact) mass is 326 g/mol. The summed E-state index contributed by atoms with van der Waals surface area (Å²) in [7, 11) is 0. The molecule has 3 atom stereocenters. The minimum Gasteiger partial charge on any atom is -0.396 e. The maximum atomic E-state index is 12.3. The summed E-state index contributed by atoms with van der Waals surface area (Å²) in [5.74, 6) is 0.452. The lowest BCUT2D eigenvalue weighted by atomic mass is 9.91. The molecule has 0 saturated carbocycles. The summed E-state index contributed by atoms with van der Waals surface area (Å²) in [5, 5.41) is 15.7. The van der Waals surface area contributed by atoms with Crippen LogP contribution in [0.3, 0.4) is 0 Å². The van der Waals surface area contributed by atoms with E-state index in [-0.39, 0.29) is 36.8 Å². The Bertz CT molecular complexity index is 442. The van der Waals surface area contributed by atoms with Crippen molar-refractivity contribution in [2.24, 2.45) is 5.92 Å². The van der Waals surface area contributed by atoms with E-state index in [1.54, 1.807) is 0 Å². The predicted octanol–water partition coefficient (Wildman–Crippen LogP) is 2.08. The number of carbonyl (C=O) groups is 1. The summed E-state index contributed by atoms with van der Waals surface area (Å²) < 4.78 is 0. The van der Waals surface area contributed by atoms with Gasteiger partial charge < -0.3 is 15.7 Å². The van der Waals surface area contributed by atoms with Crippen LogP contribution in [0.15, 0.2) is 30.3 Å². The molecule has 1 heterocycles. The van der Waals surface area contributed by atoms with Crippen LogP contribution in [0.5, 0.6) is 0 Å². The summed E-state index contributed by atoms with van der Waals surface area (Å²) in [5.41, 5.74) is 1.17. The highest BCUT2D eigenvalue weighted by atomic mass is 35.5. The average molecular weight is 327 g/mol. The summed E-state index contributed by atoms with van der Waals surface area (Å²) in [6, 6.07) is 10.5. The first-order chi connectivity index (χ1) is 10.2. The highest BCUT2D eigenvalue weighted by molar-refractivity contribution is 5.85. The van der Waals surface area contributed by atoms with Crippen molar-refractivity contribution in [3.05, 3.63) is 35.9 Å². The van der Waals surface area contributed by atoms with Crippen LogP contribution in [-0.4, -0.2) is 36.8 Å². The fourth-order valence-electron chi connectivity index (χ4n) is 3.01. The zero-order valence-electron chi connectivity index (χ0n) is 13.1. The molecular formula is C17H27ClN2O2. The molecule has 0 radical (unpaired) electrons. The third-order valence-electron chi connectivity index (χ3n) is 4.27. The number of benzene rings is 1. The van der Waals surface area contributed by atoms with E-state index in [0.717, 1.165) is 19.4 Å². The van der Waals surface area contributed by atoms with E-state index in [9.17, 15) is 9.90 Å². The highest BCUT2D eigenvalue weighted by Gasteiger charge is 2.25. The molecule has 0 aromatic heterocycles. The van der Waals surface area contributed by atoms with Crippen LogP contribution >= 0.6 is 12.4 Å². The number of aliphatic hydroxyl groups excluding tert-OH is 1. The van der Waals surface area contributed by atoms with Gasteiger partial charge in [-0.2, -0.15) is 0 Å². The maximum Gasteiger partial charge on any atom is 0.223 e. The molecule has 1 unspecified atom stereocenters. The zero-order valence-corrected chi connectivity index (χ0v) is 13.9. The summed E-state index contributed by atoms with van der Waals surface area (Å²) in [6.07, 6.45) is 2.49. The van der Waals surface area contributed by atoms with Gasteiger partial charge in [0.25, 0.3) is 0 Å². The number of hydrogen-bond acceptors (Lipinski definition) is 3. The summed E-state index contributed by atoms with van der Waals surface area (Å²) in [4.78, 5) is 12.3. The topological polar surface area (TPSA) is 61.4 Å². The van der Waals surface area contributed by atoms with Crippen molar-refractivity contribution < 1.29 is 9.90 Å². The molecule has 22 heavy (non-hydrogen) atoms. The molecule has 0 aliphatic carbocycles. The van der Waals surface area contributed by atoms with Crippen LogP contribution in [0.4, 0.5) is 0 Å². The first kappa shape index (κ1) is 18.9. The van der Waals surface area contributed by atoms with E-state index in [4.69, 9.17) is 0 Å². The summed E-state index contributed by atoms with van der Waals surface area (Å²) >= 11 is 0. The third kappa shape index (κ3) is 5.59. The standard InChI is InChI=1S/C17H26N2O2.ClH/c1-13-11-15(7-9-18-13)17(21)19-12-16(8-10-20)14-5-3-2-4-6-14;/h2-6,13,15-16,18,20H,7-12H2,1H3,(H,19,21);1H/t13-,15-,16?;/m0./s1. The van der Waals surface area contributed by atoms with Crippen molar-refractivity contribution in [1.29, 1.82) is 0 Å². The van der Waals surface area contributed by atoms with Crippen LogP contribution in [0.2, 0.25) is 0 Å². The predicted molar refractivity (Wildman–Crippen MR) is 91.3 cm³/mol. The lowest BCUT2D eigenvalue weighted by Crippen LogP contribution is -2.43. The lowest BCUT2D eigenvalue weighted by molar-refractivity contribution is -0.126. The van der Waals surface area contributed by atoms with Crippen LogP contribution in [0.1, 0.15) is 37.7 Å². The smallest absolute Gasteiger partial charge is 0.223 e. The van der Waals surface area contributed by atoms with Crippen molar-refractivity contribution in [1.82, 2.24) is 10.6 Å². The van der Waals surface area contributed by atoms with Crippen LogP contribution in [0.25, 0.3) is 0 Å². The average Bonchev–Trinajstić information content (AvgIpc) is 2.52. The molecule has 1 aromatic rings. The molecule has 1 amide bonds. The van der Waals surface area contributed by atoms with Crippen LogP contribution in [0, 0.1) is 5.92 Å². The Morgan fingerprint density at radius 1 is 1.41 bits per heavy atom. The van der Waals surface area contributed by atoms with E-state index in [2.05, 4.69) is 29.7 Å². The summed E-state index contributed by atoms with van der Waals surface area (Å²) in [6.45, 7) is 3.78. The van der Waals surface area contributed by atoms with Gasteiger partial charge in [-0.15, -0.1) is 12.4 Å². The van der Waals surface area contributed by atoms with Crippen molar-refractivity contribution in [2.45, 2.75) is 38.1 Å². The van der Waals surface area contributed by atoms with Gasteiger partial charge in [-0.3, -0.25) is 4.79 Å². The van der Waals surface area contributed by atoms with Gasteiger partial charge >= 0.3 is 0 Å². The van der Waals surface area contributed by atoms with E-state index in [1.165, 1.54) is 5.56 Å². The second-order valence-corrected chi connectivity index (χ2v) is 5.94. The van der Waals surface area contributed by atoms with Gasteiger partial charge in [0.05, 0.1) is 0 Å². The number of rotatable bonds is 6. The molecule has 1 fully saturated rings.